The summed E-state index contributed by atoms with van der Waals surface area (Å²) >= 11 is 5.18. The Morgan fingerprint density at radius 2 is 2.11 bits per heavy atom. The number of para-hydroxylation sites is 1. The van der Waals surface area contributed by atoms with Crippen LogP contribution in [0.1, 0.15) is 16.8 Å². The summed E-state index contributed by atoms with van der Waals surface area (Å²) in [6.45, 7) is 2.88. The van der Waals surface area contributed by atoms with E-state index in [1.54, 1.807) is 0 Å². The number of nitrogens with two attached hydrogens (primary N) is 1. The molecule has 2 aromatic rings. The fourth-order valence-corrected chi connectivity index (χ4v) is 3.04. The fraction of sp³-hybridized carbons (Fsp3) is 0.286. The van der Waals surface area contributed by atoms with E-state index in [-0.39, 0.29) is 0 Å². The molecule has 0 bridgehead atoms. The molecule has 0 spiro atoms. The Kier molecular flexibility index (Phi) is 2.78. The molecule has 1 aromatic carbocycles. The predicted octanol–water partition coefficient (Wildman–Crippen LogP) is 2.06. The van der Waals surface area contributed by atoms with Crippen molar-refractivity contribution < 1.29 is 0 Å². The molecule has 1 aliphatic rings. The van der Waals surface area contributed by atoms with E-state index in [1.807, 2.05) is 18.7 Å². The summed E-state index contributed by atoms with van der Waals surface area (Å²) < 4.78 is 1.87. The van der Waals surface area contributed by atoms with Gasteiger partial charge in [0.2, 0.25) is 0 Å². The Morgan fingerprint density at radius 3 is 2.84 bits per heavy atom. The number of thiocarbonyl (C=S) groups is 1. The Hall–Kier alpha value is -1.88. The van der Waals surface area contributed by atoms with Crippen molar-refractivity contribution in [1.29, 1.82) is 0 Å². The fourth-order valence-electron chi connectivity index (χ4n) is 2.80. The maximum atomic E-state index is 5.87. The first-order valence-corrected chi connectivity index (χ1v) is 6.69. The molecular formula is C14H16N4S. The zero-order valence-corrected chi connectivity index (χ0v) is 11.9. The molecule has 19 heavy (non-hydrogen) atoms. The highest BCUT2D eigenvalue weighted by Gasteiger charge is 2.27. The monoisotopic (exact) mass is 272 g/mol. The molecular weight excluding hydrogens is 256 g/mol. The summed E-state index contributed by atoms with van der Waals surface area (Å²) in [7, 11) is 1.94. The largest absolute Gasteiger partial charge is 0.389 e. The summed E-state index contributed by atoms with van der Waals surface area (Å²) in [4.78, 5) is 2.66. The molecule has 0 atom stereocenters. The molecule has 1 aliphatic heterocycles. The summed E-state index contributed by atoms with van der Waals surface area (Å²) in [5.41, 5.74) is 10.2. The lowest BCUT2D eigenvalue weighted by Gasteiger charge is -2.21. The van der Waals surface area contributed by atoms with Crippen LogP contribution in [0.4, 0.5) is 11.5 Å². The van der Waals surface area contributed by atoms with Crippen LogP contribution < -0.4 is 10.6 Å². The summed E-state index contributed by atoms with van der Waals surface area (Å²) in [6.07, 6.45) is 1.04. The Balaban J connectivity index is 2.17. The van der Waals surface area contributed by atoms with Crippen molar-refractivity contribution in [1.82, 2.24) is 9.78 Å². The SMILES string of the molecule is Cc1nn(C)c(N2CCc3ccccc32)c1C(N)=S. The average molecular weight is 272 g/mol. The average Bonchev–Trinajstić information content (AvgIpc) is 2.89. The third-order valence-corrected chi connectivity index (χ3v) is 3.79. The second kappa shape index (κ2) is 4.35. The smallest absolute Gasteiger partial charge is 0.141 e. The van der Waals surface area contributed by atoms with Gasteiger partial charge in [0.1, 0.15) is 10.8 Å². The van der Waals surface area contributed by atoms with E-state index < -0.39 is 0 Å². The first-order valence-electron chi connectivity index (χ1n) is 6.28. The molecule has 1 aromatic heterocycles. The van der Waals surface area contributed by atoms with Crippen LogP contribution in [0.2, 0.25) is 0 Å². The quantitative estimate of drug-likeness (QED) is 0.850. The van der Waals surface area contributed by atoms with Crippen molar-refractivity contribution in [3.05, 3.63) is 41.1 Å². The van der Waals surface area contributed by atoms with Crippen LogP contribution in [0.3, 0.4) is 0 Å². The topological polar surface area (TPSA) is 47.1 Å². The van der Waals surface area contributed by atoms with Crippen molar-refractivity contribution in [3.8, 4) is 0 Å². The van der Waals surface area contributed by atoms with Crippen LogP contribution in [-0.2, 0) is 13.5 Å². The van der Waals surface area contributed by atoms with Gasteiger partial charge in [0.15, 0.2) is 0 Å². The van der Waals surface area contributed by atoms with E-state index in [0.717, 1.165) is 30.0 Å². The number of nitrogens with zero attached hydrogens (tertiary/aromatic N) is 3. The Labute approximate surface area is 117 Å². The van der Waals surface area contributed by atoms with Gasteiger partial charge >= 0.3 is 0 Å². The van der Waals surface area contributed by atoms with E-state index in [4.69, 9.17) is 18.0 Å². The number of hydrogen-bond acceptors (Lipinski definition) is 3. The van der Waals surface area contributed by atoms with Crippen LogP contribution >= 0.6 is 12.2 Å². The van der Waals surface area contributed by atoms with E-state index >= 15 is 0 Å². The maximum Gasteiger partial charge on any atom is 0.141 e. The molecule has 5 heteroatoms. The van der Waals surface area contributed by atoms with Crippen molar-refractivity contribution >= 4 is 28.7 Å². The first-order chi connectivity index (χ1) is 9.09. The summed E-state index contributed by atoms with van der Waals surface area (Å²) in [5, 5.41) is 4.46. The highest BCUT2D eigenvalue weighted by atomic mass is 32.1. The standard InChI is InChI=1S/C14H16N4S/c1-9-12(13(15)19)14(17(2)16-9)18-8-7-10-5-3-4-6-11(10)18/h3-6H,7-8H2,1-2H3,(H2,15,19). The molecule has 0 fully saturated rings. The van der Waals surface area contributed by atoms with Gasteiger partial charge in [-0.05, 0) is 25.0 Å². The molecule has 0 amide bonds. The zero-order valence-electron chi connectivity index (χ0n) is 11.1. The van der Waals surface area contributed by atoms with Crippen LogP contribution in [0.25, 0.3) is 0 Å². The molecule has 3 rings (SSSR count). The van der Waals surface area contributed by atoms with Gasteiger partial charge in [0.25, 0.3) is 0 Å². The molecule has 0 unspecified atom stereocenters. The predicted molar refractivity (Wildman–Crippen MR) is 81.0 cm³/mol. The van der Waals surface area contributed by atoms with Crippen molar-refractivity contribution in [2.45, 2.75) is 13.3 Å². The second-order valence-corrected chi connectivity index (χ2v) is 5.24. The molecule has 4 nitrogen and oxygen atoms in total. The van der Waals surface area contributed by atoms with Crippen LogP contribution in [0.15, 0.2) is 24.3 Å². The number of rotatable bonds is 2. The van der Waals surface area contributed by atoms with Gasteiger partial charge in [-0.25, -0.2) is 0 Å². The molecule has 2 N–H and O–H groups in total. The highest BCUT2D eigenvalue weighted by molar-refractivity contribution is 7.80. The molecule has 0 saturated heterocycles. The van der Waals surface area contributed by atoms with Gasteiger partial charge in [-0.1, -0.05) is 30.4 Å². The third-order valence-electron chi connectivity index (χ3n) is 3.58. The van der Waals surface area contributed by atoms with Crippen molar-refractivity contribution in [2.75, 3.05) is 11.4 Å². The second-order valence-electron chi connectivity index (χ2n) is 4.80. The first kappa shape index (κ1) is 12.2. The van der Waals surface area contributed by atoms with Gasteiger partial charge in [-0.2, -0.15) is 5.10 Å². The number of benzene rings is 1. The lowest BCUT2D eigenvalue weighted by atomic mass is 10.2. The number of aryl methyl sites for hydroxylation is 2. The van der Waals surface area contributed by atoms with E-state index in [0.29, 0.717) is 4.99 Å². The highest BCUT2D eigenvalue weighted by Crippen LogP contribution is 2.36. The van der Waals surface area contributed by atoms with Gasteiger partial charge in [-0.3, -0.25) is 4.68 Å². The van der Waals surface area contributed by atoms with E-state index in [2.05, 4.69) is 34.3 Å². The van der Waals surface area contributed by atoms with Crippen LogP contribution in [0, 0.1) is 6.92 Å². The minimum absolute atomic E-state index is 0.407. The van der Waals surface area contributed by atoms with Gasteiger partial charge in [-0.15, -0.1) is 0 Å². The normalized spacial score (nSPS) is 13.7. The number of anilines is 2. The lowest BCUT2D eigenvalue weighted by molar-refractivity contribution is 0.743. The number of fused-ring (bicyclic) bond motifs is 1. The van der Waals surface area contributed by atoms with Crippen LogP contribution in [-0.4, -0.2) is 21.3 Å². The molecule has 0 radical (unpaired) electrons. The Bertz CT molecular complexity index is 659. The zero-order chi connectivity index (χ0) is 13.6. The number of hydrogen-bond donors (Lipinski definition) is 1. The minimum atomic E-state index is 0.407. The molecule has 2 heterocycles. The van der Waals surface area contributed by atoms with E-state index in [1.165, 1.54) is 11.3 Å². The maximum absolute atomic E-state index is 5.87. The Morgan fingerprint density at radius 1 is 1.37 bits per heavy atom. The summed E-state index contributed by atoms with van der Waals surface area (Å²) in [6, 6.07) is 8.43. The molecule has 0 saturated carbocycles. The minimum Gasteiger partial charge on any atom is -0.389 e. The molecule has 0 aliphatic carbocycles. The van der Waals surface area contributed by atoms with Crippen LogP contribution in [0.5, 0.6) is 0 Å². The van der Waals surface area contributed by atoms with Gasteiger partial charge in [0.05, 0.1) is 11.3 Å². The third kappa shape index (κ3) is 1.81. The number of aromatic nitrogens is 2. The van der Waals surface area contributed by atoms with Crippen molar-refractivity contribution in [3.63, 3.8) is 0 Å². The van der Waals surface area contributed by atoms with Gasteiger partial charge in [0, 0.05) is 19.3 Å². The van der Waals surface area contributed by atoms with Gasteiger partial charge < -0.3 is 10.6 Å². The lowest BCUT2D eigenvalue weighted by Crippen LogP contribution is -2.21. The van der Waals surface area contributed by atoms with Crippen molar-refractivity contribution in [2.24, 2.45) is 12.8 Å². The summed E-state index contributed by atoms with van der Waals surface area (Å²) in [5.74, 6) is 0.995. The molecule has 98 valence electrons. The van der Waals surface area contributed by atoms with E-state index in [9.17, 15) is 0 Å².